The van der Waals surface area contributed by atoms with E-state index in [2.05, 4.69) is 20.5 Å². The van der Waals surface area contributed by atoms with Crippen molar-refractivity contribution < 1.29 is 9.47 Å². The van der Waals surface area contributed by atoms with Crippen molar-refractivity contribution in [3.63, 3.8) is 0 Å². The number of para-hydroxylation sites is 1. The largest absolute Gasteiger partial charge is 0.454 e. The molecule has 0 saturated heterocycles. The Bertz CT molecular complexity index is 807. The summed E-state index contributed by atoms with van der Waals surface area (Å²) in [7, 11) is 0. The predicted molar refractivity (Wildman–Crippen MR) is 77.2 cm³/mol. The third kappa shape index (κ3) is 2.31. The van der Waals surface area contributed by atoms with E-state index < -0.39 is 0 Å². The first-order valence-corrected chi connectivity index (χ1v) is 6.60. The quantitative estimate of drug-likeness (QED) is 0.794. The maximum absolute atomic E-state index is 5.36. The second kappa shape index (κ2) is 4.90. The van der Waals surface area contributed by atoms with Crippen LogP contribution >= 0.6 is 0 Å². The number of rotatable bonds is 3. The topological polar surface area (TPSA) is 69.2 Å². The van der Waals surface area contributed by atoms with Crippen molar-refractivity contribution in [1.29, 1.82) is 0 Å². The Morgan fingerprint density at radius 2 is 1.81 bits per heavy atom. The second-order valence-corrected chi connectivity index (χ2v) is 4.67. The molecule has 1 aliphatic rings. The minimum atomic E-state index is 0.282. The van der Waals surface area contributed by atoms with E-state index in [-0.39, 0.29) is 6.79 Å². The van der Waals surface area contributed by atoms with E-state index in [9.17, 15) is 0 Å². The van der Waals surface area contributed by atoms with E-state index in [1.807, 2.05) is 42.5 Å². The van der Waals surface area contributed by atoms with Crippen LogP contribution in [0, 0.1) is 0 Å². The molecule has 2 heterocycles. The summed E-state index contributed by atoms with van der Waals surface area (Å²) in [4.78, 5) is 4.42. The van der Waals surface area contributed by atoms with Gasteiger partial charge in [-0.2, -0.15) is 0 Å². The lowest BCUT2D eigenvalue weighted by Gasteiger charge is -2.06. The number of benzene rings is 2. The number of ether oxygens (including phenoxy) is 2. The molecule has 3 aromatic rings. The van der Waals surface area contributed by atoms with E-state index in [1.54, 1.807) is 0 Å². The monoisotopic (exact) mass is 280 g/mol. The fourth-order valence-corrected chi connectivity index (χ4v) is 2.19. The van der Waals surface area contributed by atoms with E-state index in [0.29, 0.717) is 12.5 Å². The number of nitrogens with zero attached hydrogens (tertiary/aromatic N) is 3. The zero-order valence-corrected chi connectivity index (χ0v) is 11.1. The maximum atomic E-state index is 5.36. The van der Waals surface area contributed by atoms with Crippen LogP contribution in [-0.2, 0) is 6.54 Å². The first-order valence-electron chi connectivity index (χ1n) is 6.60. The molecular formula is C15H12N4O2. The van der Waals surface area contributed by atoms with Crippen molar-refractivity contribution in [1.82, 2.24) is 15.2 Å². The zero-order chi connectivity index (χ0) is 14.1. The van der Waals surface area contributed by atoms with Crippen molar-refractivity contribution in [3.05, 3.63) is 48.0 Å². The van der Waals surface area contributed by atoms with Gasteiger partial charge in [-0.15, -0.1) is 10.2 Å². The third-order valence-electron chi connectivity index (χ3n) is 3.25. The van der Waals surface area contributed by atoms with Gasteiger partial charge in [-0.3, -0.25) is 0 Å². The van der Waals surface area contributed by atoms with Crippen LogP contribution in [0.3, 0.4) is 0 Å². The van der Waals surface area contributed by atoms with Crippen LogP contribution in [0.15, 0.2) is 42.5 Å². The van der Waals surface area contributed by atoms with Gasteiger partial charge in [-0.1, -0.05) is 18.2 Å². The fraction of sp³-hybridized carbons (Fsp3) is 0.133. The van der Waals surface area contributed by atoms with Crippen molar-refractivity contribution in [2.75, 3.05) is 12.1 Å². The van der Waals surface area contributed by atoms with Crippen LogP contribution in [0.1, 0.15) is 5.56 Å². The summed E-state index contributed by atoms with van der Waals surface area (Å²) in [6.07, 6.45) is 0. The Hall–Kier alpha value is -2.89. The molecule has 104 valence electrons. The average molecular weight is 280 g/mol. The fourth-order valence-electron chi connectivity index (χ4n) is 2.19. The number of hydrogen-bond donors (Lipinski definition) is 1. The summed E-state index contributed by atoms with van der Waals surface area (Å²) >= 11 is 0. The summed E-state index contributed by atoms with van der Waals surface area (Å²) in [5, 5.41) is 11.4. The minimum absolute atomic E-state index is 0.282. The number of anilines is 1. The van der Waals surface area contributed by atoms with E-state index in [4.69, 9.17) is 9.47 Å². The van der Waals surface area contributed by atoms with Gasteiger partial charge in [0.15, 0.2) is 11.5 Å². The van der Waals surface area contributed by atoms with E-state index in [1.165, 1.54) is 0 Å². The van der Waals surface area contributed by atoms with Gasteiger partial charge in [0.1, 0.15) is 5.52 Å². The van der Waals surface area contributed by atoms with Gasteiger partial charge >= 0.3 is 0 Å². The summed E-state index contributed by atoms with van der Waals surface area (Å²) in [5.41, 5.74) is 2.67. The van der Waals surface area contributed by atoms with Crippen LogP contribution < -0.4 is 14.8 Å². The van der Waals surface area contributed by atoms with E-state index in [0.717, 1.165) is 28.1 Å². The average Bonchev–Trinajstić information content (AvgIpc) is 3.00. The molecular weight excluding hydrogens is 268 g/mol. The SMILES string of the molecule is c1ccc2nc(NCc3ccc4c(c3)OCO4)nnc2c1. The highest BCUT2D eigenvalue weighted by Gasteiger charge is 2.13. The summed E-state index contributed by atoms with van der Waals surface area (Å²) < 4.78 is 10.6. The van der Waals surface area contributed by atoms with Crippen molar-refractivity contribution in [3.8, 4) is 11.5 Å². The molecule has 6 heteroatoms. The molecule has 4 rings (SSSR count). The van der Waals surface area contributed by atoms with Gasteiger partial charge in [-0.25, -0.2) is 4.98 Å². The Balaban J connectivity index is 1.52. The number of aromatic nitrogens is 3. The second-order valence-electron chi connectivity index (χ2n) is 4.67. The lowest BCUT2D eigenvalue weighted by Crippen LogP contribution is -2.04. The van der Waals surface area contributed by atoms with Gasteiger partial charge in [0.05, 0.1) is 5.52 Å². The molecule has 1 N–H and O–H groups in total. The third-order valence-corrected chi connectivity index (χ3v) is 3.25. The van der Waals surface area contributed by atoms with Gasteiger partial charge in [-0.05, 0) is 29.8 Å². The summed E-state index contributed by atoms with van der Waals surface area (Å²) in [6, 6.07) is 13.5. The normalized spacial score (nSPS) is 12.6. The molecule has 6 nitrogen and oxygen atoms in total. The van der Waals surface area contributed by atoms with Crippen molar-refractivity contribution >= 4 is 17.0 Å². The predicted octanol–water partition coefficient (Wildman–Crippen LogP) is 2.37. The molecule has 0 fully saturated rings. The maximum Gasteiger partial charge on any atom is 0.243 e. The highest BCUT2D eigenvalue weighted by Crippen LogP contribution is 2.32. The summed E-state index contributed by atoms with van der Waals surface area (Å²) in [6.45, 7) is 0.876. The molecule has 0 spiro atoms. The van der Waals surface area contributed by atoms with Gasteiger partial charge < -0.3 is 14.8 Å². The molecule has 1 aliphatic heterocycles. The number of nitrogens with one attached hydrogen (secondary N) is 1. The lowest BCUT2D eigenvalue weighted by molar-refractivity contribution is 0.174. The van der Waals surface area contributed by atoms with Crippen LogP contribution in [0.2, 0.25) is 0 Å². The summed E-state index contributed by atoms with van der Waals surface area (Å²) in [5.74, 6) is 2.06. The molecule has 0 radical (unpaired) electrons. The van der Waals surface area contributed by atoms with Crippen LogP contribution in [0.4, 0.5) is 5.95 Å². The first-order chi connectivity index (χ1) is 10.4. The molecule has 0 saturated carbocycles. The van der Waals surface area contributed by atoms with Gasteiger partial charge in [0.2, 0.25) is 12.7 Å². The standard InChI is InChI=1S/C15H12N4O2/c1-2-4-12-11(3-1)17-15(19-18-12)16-8-10-5-6-13-14(7-10)21-9-20-13/h1-7H,8-9H2,(H,16,17,19). The van der Waals surface area contributed by atoms with Crippen molar-refractivity contribution in [2.24, 2.45) is 0 Å². The Labute approximate surface area is 120 Å². The lowest BCUT2D eigenvalue weighted by atomic mass is 10.2. The smallest absolute Gasteiger partial charge is 0.243 e. The molecule has 0 atom stereocenters. The molecule has 21 heavy (non-hydrogen) atoms. The van der Waals surface area contributed by atoms with E-state index >= 15 is 0 Å². The van der Waals surface area contributed by atoms with Crippen LogP contribution in [0.25, 0.3) is 11.0 Å². The molecule has 0 bridgehead atoms. The zero-order valence-electron chi connectivity index (χ0n) is 11.1. The molecule has 0 aliphatic carbocycles. The van der Waals surface area contributed by atoms with Gasteiger partial charge in [0.25, 0.3) is 0 Å². The first kappa shape index (κ1) is 11.9. The highest BCUT2D eigenvalue weighted by molar-refractivity contribution is 5.74. The molecule has 1 aromatic heterocycles. The Morgan fingerprint density at radius 1 is 0.952 bits per heavy atom. The number of hydrogen-bond acceptors (Lipinski definition) is 6. The minimum Gasteiger partial charge on any atom is -0.454 e. The molecule has 0 unspecified atom stereocenters. The number of fused-ring (bicyclic) bond motifs is 2. The van der Waals surface area contributed by atoms with Gasteiger partial charge in [0, 0.05) is 6.54 Å². The Kier molecular flexibility index (Phi) is 2.77. The molecule has 2 aromatic carbocycles. The van der Waals surface area contributed by atoms with Crippen LogP contribution in [0.5, 0.6) is 11.5 Å². The van der Waals surface area contributed by atoms with Crippen molar-refractivity contribution in [2.45, 2.75) is 6.54 Å². The molecule has 0 amide bonds. The Morgan fingerprint density at radius 3 is 2.76 bits per heavy atom. The van der Waals surface area contributed by atoms with Crippen LogP contribution in [-0.4, -0.2) is 22.0 Å². The highest BCUT2D eigenvalue weighted by atomic mass is 16.7.